The minimum Gasteiger partial charge on any atom is -0.462 e. The minimum atomic E-state index is -3.80. The molecule has 5 nitrogen and oxygen atoms in total. The van der Waals surface area contributed by atoms with Gasteiger partial charge in [-0.15, -0.1) is 0 Å². The first-order valence-corrected chi connectivity index (χ1v) is 6.98. The van der Waals surface area contributed by atoms with E-state index in [-0.39, 0.29) is 17.1 Å². The predicted octanol–water partition coefficient (Wildman–Crippen LogP) is 1.12. The molecule has 0 aliphatic heterocycles. The summed E-state index contributed by atoms with van der Waals surface area (Å²) in [6.45, 7) is 1.91. The summed E-state index contributed by atoms with van der Waals surface area (Å²) in [6, 6.07) is 4.07. The second-order valence-corrected chi connectivity index (χ2v) is 5.63. The Bertz CT molecular complexity index is 512. The Morgan fingerprint density at radius 2 is 2.12 bits per heavy atom. The molecule has 0 unspecified atom stereocenters. The molecule has 0 aliphatic rings. The molecule has 0 radical (unpaired) electrons. The van der Waals surface area contributed by atoms with E-state index in [1.54, 1.807) is 6.92 Å². The largest absolute Gasteiger partial charge is 0.462 e. The Morgan fingerprint density at radius 1 is 1.50 bits per heavy atom. The highest BCUT2D eigenvalue weighted by Gasteiger charge is 2.15. The summed E-state index contributed by atoms with van der Waals surface area (Å²) in [7, 11) is -3.80. The number of halogens is 1. The van der Waals surface area contributed by atoms with Crippen LogP contribution in [-0.2, 0) is 14.8 Å². The number of carbonyl (C=O) groups excluding carboxylic acids is 1. The predicted molar refractivity (Wildman–Crippen MR) is 66.5 cm³/mol. The van der Waals surface area contributed by atoms with E-state index in [1.807, 2.05) is 22.6 Å². The van der Waals surface area contributed by atoms with Gasteiger partial charge in [-0.2, -0.15) is 0 Å². The zero-order chi connectivity index (χ0) is 12.3. The summed E-state index contributed by atoms with van der Waals surface area (Å²) in [5.74, 6) is -0.558. The second kappa shape index (κ2) is 5.11. The normalized spacial score (nSPS) is 11.2. The molecule has 88 valence electrons. The Hall–Kier alpha value is -0.670. The maximum Gasteiger partial charge on any atom is 0.339 e. The van der Waals surface area contributed by atoms with Crippen molar-refractivity contribution < 1.29 is 17.9 Å². The lowest BCUT2D eigenvalue weighted by Crippen LogP contribution is -2.14. The average Bonchev–Trinajstić information content (AvgIpc) is 2.16. The van der Waals surface area contributed by atoms with Crippen LogP contribution in [0.3, 0.4) is 0 Å². The molecule has 0 aliphatic carbocycles. The van der Waals surface area contributed by atoms with Crippen molar-refractivity contribution in [1.82, 2.24) is 0 Å². The first kappa shape index (κ1) is 13.4. The summed E-state index contributed by atoms with van der Waals surface area (Å²) >= 11 is 1.92. The number of esters is 1. The third-order valence-electron chi connectivity index (χ3n) is 1.76. The number of nitrogens with two attached hydrogens (primary N) is 1. The molecule has 0 heterocycles. The van der Waals surface area contributed by atoms with Gasteiger partial charge >= 0.3 is 5.97 Å². The number of carbonyl (C=O) groups is 1. The minimum absolute atomic E-state index is 0.101. The van der Waals surface area contributed by atoms with Crippen molar-refractivity contribution in [3.63, 3.8) is 0 Å². The molecule has 0 fully saturated rings. The smallest absolute Gasteiger partial charge is 0.339 e. The Balaban J connectivity index is 3.24. The van der Waals surface area contributed by atoms with Crippen molar-refractivity contribution in [2.45, 2.75) is 11.8 Å². The lowest BCUT2D eigenvalue weighted by atomic mass is 10.2. The van der Waals surface area contributed by atoms with Gasteiger partial charge in [-0.1, -0.05) is 0 Å². The fourth-order valence-electron chi connectivity index (χ4n) is 1.05. The maximum absolute atomic E-state index is 11.5. The summed E-state index contributed by atoms with van der Waals surface area (Å²) in [5, 5.41) is 4.97. The van der Waals surface area contributed by atoms with Gasteiger partial charge in [0.2, 0.25) is 10.0 Å². The van der Waals surface area contributed by atoms with E-state index < -0.39 is 16.0 Å². The fraction of sp³-hybridized carbons (Fsp3) is 0.222. The van der Waals surface area contributed by atoms with E-state index in [1.165, 1.54) is 18.2 Å². The van der Waals surface area contributed by atoms with Crippen molar-refractivity contribution in [3.05, 3.63) is 27.3 Å². The SMILES string of the molecule is CCOC(=O)c1cc(S(N)(=O)=O)ccc1I. The van der Waals surface area contributed by atoms with Crippen LogP contribution >= 0.6 is 22.6 Å². The molecular weight excluding hydrogens is 345 g/mol. The van der Waals surface area contributed by atoms with E-state index in [9.17, 15) is 13.2 Å². The van der Waals surface area contributed by atoms with Crippen LogP contribution in [0.15, 0.2) is 23.1 Å². The van der Waals surface area contributed by atoms with Gasteiger partial charge in [-0.05, 0) is 47.7 Å². The highest BCUT2D eigenvalue weighted by atomic mass is 127. The maximum atomic E-state index is 11.5. The molecule has 16 heavy (non-hydrogen) atoms. The van der Waals surface area contributed by atoms with Crippen molar-refractivity contribution in [2.75, 3.05) is 6.61 Å². The number of hydrogen-bond acceptors (Lipinski definition) is 4. The molecule has 2 N–H and O–H groups in total. The van der Waals surface area contributed by atoms with Crippen LogP contribution in [0.25, 0.3) is 0 Å². The van der Waals surface area contributed by atoms with Gasteiger partial charge in [0.1, 0.15) is 0 Å². The quantitative estimate of drug-likeness (QED) is 0.650. The summed E-state index contributed by atoms with van der Waals surface area (Å²) in [6.07, 6.45) is 0. The molecule has 1 rings (SSSR count). The Labute approximate surface area is 107 Å². The van der Waals surface area contributed by atoms with Crippen LogP contribution < -0.4 is 5.14 Å². The summed E-state index contributed by atoms with van der Waals surface area (Å²) < 4.78 is 27.6. The molecule has 7 heteroatoms. The van der Waals surface area contributed by atoms with Gasteiger partial charge in [-0.25, -0.2) is 18.4 Å². The van der Waals surface area contributed by atoms with Crippen LogP contribution in [0.5, 0.6) is 0 Å². The molecule has 0 saturated heterocycles. The molecule has 1 aromatic rings. The lowest BCUT2D eigenvalue weighted by molar-refractivity contribution is 0.0525. The van der Waals surface area contributed by atoms with Crippen LogP contribution in [0.1, 0.15) is 17.3 Å². The summed E-state index contributed by atoms with van der Waals surface area (Å²) in [4.78, 5) is 11.4. The van der Waals surface area contributed by atoms with Gasteiger partial charge in [0.25, 0.3) is 0 Å². The average molecular weight is 355 g/mol. The highest BCUT2D eigenvalue weighted by Crippen LogP contribution is 2.18. The van der Waals surface area contributed by atoms with E-state index in [4.69, 9.17) is 9.88 Å². The third kappa shape index (κ3) is 3.16. The second-order valence-electron chi connectivity index (χ2n) is 2.91. The first-order chi connectivity index (χ1) is 7.36. The van der Waals surface area contributed by atoms with Crippen molar-refractivity contribution in [1.29, 1.82) is 0 Å². The fourth-order valence-corrected chi connectivity index (χ4v) is 2.14. The van der Waals surface area contributed by atoms with Crippen LogP contribution in [0.4, 0.5) is 0 Å². The van der Waals surface area contributed by atoms with Gasteiger partial charge in [-0.3, -0.25) is 0 Å². The lowest BCUT2D eigenvalue weighted by Gasteiger charge is -2.06. The van der Waals surface area contributed by atoms with Crippen molar-refractivity contribution in [3.8, 4) is 0 Å². The van der Waals surface area contributed by atoms with Crippen LogP contribution in [0.2, 0.25) is 0 Å². The van der Waals surface area contributed by atoms with Crippen molar-refractivity contribution in [2.24, 2.45) is 5.14 Å². The van der Waals surface area contributed by atoms with Gasteiger partial charge < -0.3 is 4.74 Å². The molecule has 0 amide bonds. The standard InChI is InChI=1S/C9H10INO4S/c1-2-15-9(12)7-5-6(16(11,13)14)3-4-8(7)10/h3-5H,2H2,1H3,(H2,11,13,14). The first-order valence-electron chi connectivity index (χ1n) is 4.35. The zero-order valence-corrected chi connectivity index (χ0v) is 11.4. The number of hydrogen-bond donors (Lipinski definition) is 1. The van der Waals surface area contributed by atoms with Crippen molar-refractivity contribution >= 4 is 38.6 Å². The highest BCUT2D eigenvalue weighted by molar-refractivity contribution is 14.1. The summed E-state index contributed by atoms with van der Waals surface area (Å²) in [5.41, 5.74) is 0.203. The molecule has 0 atom stereocenters. The van der Waals surface area contributed by atoms with E-state index >= 15 is 0 Å². The Morgan fingerprint density at radius 3 is 2.62 bits per heavy atom. The number of benzene rings is 1. The molecular formula is C9H10INO4S. The molecule has 0 saturated carbocycles. The van der Waals surface area contributed by atoms with Gasteiger partial charge in [0, 0.05) is 3.57 Å². The third-order valence-corrected chi connectivity index (χ3v) is 3.61. The van der Waals surface area contributed by atoms with E-state index in [0.717, 1.165) is 0 Å². The van der Waals surface area contributed by atoms with E-state index in [2.05, 4.69) is 0 Å². The van der Waals surface area contributed by atoms with Crippen LogP contribution in [0, 0.1) is 3.57 Å². The van der Waals surface area contributed by atoms with E-state index in [0.29, 0.717) is 3.57 Å². The van der Waals surface area contributed by atoms with Gasteiger partial charge in [0.05, 0.1) is 17.1 Å². The van der Waals surface area contributed by atoms with Gasteiger partial charge in [0.15, 0.2) is 0 Å². The number of rotatable bonds is 3. The Kier molecular flexibility index (Phi) is 4.28. The molecule has 0 aromatic heterocycles. The number of sulfonamides is 1. The zero-order valence-electron chi connectivity index (χ0n) is 8.44. The van der Waals surface area contributed by atoms with Crippen LogP contribution in [-0.4, -0.2) is 21.0 Å². The molecule has 1 aromatic carbocycles. The number of ether oxygens (including phenoxy) is 1. The number of primary sulfonamides is 1. The topological polar surface area (TPSA) is 86.5 Å². The monoisotopic (exact) mass is 355 g/mol. The molecule has 0 bridgehead atoms. The molecule has 0 spiro atoms.